The van der Waals surface area contributed by atoms with E-state index in [0.717, 1.165) is 83.5 Å². The van der Waals surface area contributed by atoms with Gasteiger partial charge in [-0.2, -0.15) is 0 Å². The lowest BCUT2D eigenvalue weighted by molar-refractivity contribution is -0.379. The van der Waals surface area contributed by atoms with E-state index in [4.69, 9.17) is 28.4 Å². The summed E-state index contributed by atoms with van der Waals surface area (Å²) in [5.74, 6) is -0.285. The van der Waals surface area contributed by atoms with Crippen LogP contribution in [0.4, 0.5) is 0 Å². The summed E-state index contributed by atoms with van der Waals surface area (Å²) in [5, 5.41) is 121. The van der Waals surface area contributed by atoms with Gasteiger partial charge in [0, 0.05) is 6.42 Å². The Morgan fingerprint density at radius 1 is 0.349 bits per heavy atom. The number of ether oxygens (including phenoxy) is 6. The van der Waals surface area contributed by atoms with E-state index in [1.807, 2.05) is 6.08 Å². The molecule has 0 aliphatic carbocycles. The molecule has 0 spiro atoms. The monoisotopic (exact) mass is 1500 g/mol. The number of nitrogens with one attached hydrogen (secondary N) is 1. The summed E-state index contributed by atoms with van der Waals surface area (Å²) in [4.78, 5) is 13.5. The van der Waals surface area contributed by atoms with Gasteiger partial charge in [0.1, 0.15) is 73.2 Å². The number of rotatable bonds is 66. The highest BCUT2D eigenvalue weighted by Crippen LogP contribution is 2.33. The maximum absolute atomic E-state index is 13.5. The van der Waals surface area contributed by atoms with Gasteiger partial charge in [-0.1, -0.05) is 316 Å². The summed E-state index contributed by atoms with van der Waals surface area (Å²) in [7, 11) is 0. The normalized spacial score (nSPS) is 26.2. The highest BCUT2D eigenvalue weighted by Gasteiger charge is 2.54. The molecular weight excluding hydrogens is 1350 g/mol. The molecule has 0 saturated carbocycles. The first-order valence-corrected chi connectivity index (χ1v) is 42.1. The molecule has 3 fully saturated rings. The van der Waals surface area contributed by atoms with Gasteiger partial charge in [-0.25, -0.2) is 0 Å². The van der Waals surface area contributed by atoms with Gasteiger partial charge >= 0.3 is 0 Å². The fraction of sp³-hybridized carbons (Fsp3) is 0.782. The fourth-order valence-electron chi connectivity index (χ4n) is 13.6. The maximum atomic E-state index is 13.5. The fourth-order valence-corrected chi connectivity index (χ4v) is 13.6. The quantitative estimate of drug-likeness (QED) is 0.0199. The standard InChI is InChI=1S/C87H151NO18/c1-3-5-7-9-11-13-15-17-19-21-23-25-27-28-29-30-31-32-33-34-35-36-37-38-39-40-41-42-43-45-47-49-51-53-55-57-59-61-63-65-75(93)88-70(71(92)64-62-60-58-56-54-52-50-48-46-44-26-24-22-20-18-16-14-12-10-8-6-4-2)69-101-85-81(99)78(96)83(73(67-90)103-85)106-87-82(100)79(97)84(74(68-91)104-87)105-86-80(98)77(95)76(94)72(66-89)102-86/h5,7,11,13,17,19,23,25,28-29,31-32,34-35,54,56,62,64,70-74,76-87,89-92,94-100H,3-4,6,8-10,12,14-16,18,20-22,24,26-27,30,33,36-53,55,57-61,63,65-69H2,1-2H3,(H,88,93)/b7-5-,13-11-,19-17-,25-23-,29-28-,32-31-,35-34-,56-54+,64-62+. The van der Waals surface area contributed by atoms with Gasteiger partial charge in [-0.3, -0.25) is 4.79 Å². The Labute approximate surface area is 640 Å². The minimum Gasteiger partial charge on any atom is -0.394 e. The van der Waals surface area contributed by atoms with Crippen LogP contribution < -0.4 is 5.32 Å². The SMILES string of the molecule is CC/C=C\C/C=C\C/C=C\C/C=C\C/C=C\C/C=C\C/C=C\CCCCCCCCCCCCCCCCCCCC(=O)NC(COC1OC(CO)C(OC2OC(CO)C(OC3OC(CO)C(O)C(O)C3O)C(O)C2O)C(O)C1O)C(O)/C=C/CC/C=C/CCCCCCCCCCCCCCCCCC. The largest absolute Gasteiger partial charge is 0.394 e. The molecule has 612 valence electrons. The van der Waals surface area contributed by atoms with Crippen LogP contribution in [0.15, 0.2) is 109 Å². The molecule has 0 aromatic rings. The Bertz CT molecular complexity index is 2340. The van der Waals surface area contributed by atoms with E-state index in [-0.39, 0.29) is 18.9 Å². The predicted octanol–water partition coefficient (Wildman–Crippen LogP) is 14.9. The lowest BCUT2D eigenvalue weighted by atomic mass is 9.96. The van der Waals surface area contributed by atoms with Crippen LogP contribution in [0.5, 0.6) is 0 Å². The molecule has 19 nitrogen and oxygen atoms in total. The van der Waals surface area contributed by atoms with Crippen molar-refractivity contribution in [1.82, 2.24) is 5.32 Å². The van der Waals surface area contributed by atoms with E-state index in [0.29, 0.717) is 12.8 Å². The molecule has 12 N–H and O–H groups in total. The van der Waals surface area contributed by atoms with E-state index in [1.54, 1.807) is 6.08 Å². The molecule has 0 aromatic heterocycles. The Balaban J connectivity index is 1.33. The third-order valence-corrected chi connectivity index (χ3v) is 20.3. The van der Waals surface area contributed by atoms with Crippen LogP contribution >= 0.6 is 0 Å². The van der Waals surface area contributed by atoms with Gasteiger partial charge in [0.2, 0.25) is 5.91 Å². The Morgan fingerprint density at radius 3 is 1.06 bits per heavy atom. The first-order chi connectivity index (χ1) is 51.8. The van der Waals surface area contributed by atoms with E-state index >= 15 is 0 Å². The molecule has 3 rings (SSSR count). The van der Waals surface area contributed by atoms with E-state index in [1.165, 1.54) is 186 Å². The number of allylic oxidation sites excluding steroid dienone is 17. The average Bonchev–Trinajstić information content (AvgIpc) is 0.780. The average molecular weight is 1500 g/mol. The second-order valence-electron chi connectivity index (χ2n) is 29.6. The van der Waals surface area contributed by atoms with Crippen molar-refractivity contribution in [3.05, 3.63) is 109 Å². The third-order valence-electron chi connectivity index (χ3n) is 20.3. The number of unbranched alkanes of at least 4 members (excludes halogenated alkanes) is 34. The minimum absolute atomic E-state index is 0.232. The van der Waals surface area contributed by atoms with E-state index < -0.39 is 124 Å². The summed E-state index contributed by atoms with van der Waals surface area (Å²) in [6.07, 6.45) is 65.1. The molecule has 0 bridgehead atoms. The number of aliphatic hydroxyl groups is 11. The smallest absolute Gasteiger partial charge is 0.220 e. The number of aliphatic hydroxyl groups excluding tert-OH is 11. The molecule has 0 radical (unpaired) electrons. The molecule has 106 heavy (non-hydrogen) atoms. The van der Waals surface area contributed by atoms with Crippen LogP contribution in [-0.4, -0.2) is 193 Å². The summed E-state index contributed by atoms with van der Waals surface area (Å²) in [6.45, 7) is 1.63. The summed E-state index contributed by atoms with van der Waals surface area (Å²) >= 11 is 0. The molecule has 3 heterocycles. The van der Waals surface area contributed by atoms with Gasteiger partial charge < -0.3 is 89.9 Å². The zero-order valence-corrected chi connectivity index (χ0v) is 65.6. The molecule has 17 atom stereocenters. The van der Waals surface area contributed by atoms with Crippen LogP contribution in [0, 0.1) is 0 Å². The molecule has 17 unspecified atom stereocenters. The number of carbonyl (C=O) groups excluding carboxylic acids is 1. The second-order valence-corrected chi connectivity index (χ2v) is 29.6. The van der Waals surface area contributed by atoms with Gasteiger partial charge in [-0.05, 0) is 89.9 Å². The minimum atomic E-state index is -1.98. The number of hydrogen-bond donors (Lipinski definition) is 12. The van der Waals surface area contributed by atoms with E-state index in [2.05, 4.69) is 116 Å². The van der Waals surface area contributed by atoms with Crippen molar-refractivity contribution in [3.63, 3.8) is 0 Å². The molecular formula is C87H151NO18. The Morgan fingerprint density at radius 2 is 0.660 bits per heavy atom. The van der Waals surface area contributed by atoms with Crippen molar-refractivity contribution in [2.45, 2.75) is 407 Å². The third kappa shape index (κ3) is 45.1. The van der Waals surface area contributed by atoms with Crippen LogP contribution in [-0.2, 0) is 33.2 Å². The highest BCUT2D eigenvalue weighted by molar-refractivity contribution is 5.76. The van der Waals surface area contributed by atoms with Gasteiger partial charge in [0.15, 0.2) is 18.9 Å². The van der Waals surface area contributed by atoms with Crippen molar-refractivity contribution in [2.24, 2.45) is 0 Å². The number of hydrogen-bond acceptors (Lipinski definition) is 18. The molecule has 0 aromatic carbocycles. The van der Waals surface area contributed by atoms with Crippen LogP contribution in [0.3, 0.4) is 0 Å². The lowest BCUT2D eigenvalue weighted by Crippen LogP contribution is -2.66. The van der Waals surface area contributed by atoms with Gasteiger partial charge in [0.05, 0.1) is 38.6 Å². The van der Waals surface area contributed by atoms with Gasteiger partial charge in [0.25, 0.3) is 0 Å². The maximum Gasteiger partial charge on any atom is 0.220 e. The highest BCUT2D eigenvalue weighted by atomic mass is 16.8. The zero-order chi connectivity index (χ0) is 76.7. The number of amides is 1. The van der Waals surface area contributed by atoms with Crippen molar-refractivity contribution in [2.75, 3.05) is 26.4 Å². The molecule has 1 amide bonds. The summed E-state index contributed by atoms with van der Waals surface area (Å²) in [5.41, 5.74) is 0. The molecule has 3 aliphatic rings. The topological polar surface area (TPSA) is 307 Å². The van der Waals surface area contributed by atoms with Crippen molar-refractivity contribution in [1.29, 1.82) is 0 Å². The van der Waals surface area contributed by atoms with Crippen LogP contribution in [0.2, 0.25) is 0 Å². The van der Waals surface area contributed by atoms with Gasteiger partial charge in [-0.15, -0.1) is 0 Å². The molecule has 3 aliphatic heterocycles. The van der Waals surface area contributed by atoms with Crippen molar-refractivity contribution < 1.29 is 89.4 Å². The van der Waals surface area contributed by atoms with Crippen molar-refractivity contribution in [3.8, 4) is 0 Å². The Kier molecular flexibility index (Phi) is 60.3. The summed E-state index contributed by atoms with van der Waals surface area (Å²) < 4.78 is 34.4. The predicted molar refractivity (Wildman–Crippen MR) is 424 cm³/mol. The van der Waals surface area contributed by atoms with Crippen LogP contribution in [0.25, 0.3) is 0 Å². The Hall–Kier alpha value is -3.55. The lowest BCUT2D eigenvalue weighted by Gasteiger charge is -2.48. The van der Waals surface area contributed by atoms with E-state index in [9.17, 15) is 61.0 Å². The summed E-state index contributed by atoms with van der Waals surface area (Å²) in [6, 6.07) is -0.996. The first-order valence-electron chi connectivity index (χ1n) is 42.1. The first kappa shape index (κ1) is 96.6. The van der Waals surface area contributed by atoms with Crippen LogP contribution in [0.1, 0.15) is 303 Å². The molecule has 3 saturated heterocycles. The van der Waals surface area contributed by atoms with Crippen molar-refractivity contribution >= 4 is 5.91 Å². The number of carbonyl (C=O) groups is 1. The molecule has 19 heteroatoms. The second kappa shape index (κ2) is 66.1. The zero-order valence-electron chi connectivity index (χ0n) is 65.6.